The maximum atomic E-state index is 5.41. The predicted octanol–water partition coefficient (Wildman–Crippen LogP) is 7.62. The summed E-state index contributed by atoms with van der Waals surface area (Å²) >= 11 is 0. The van der Waals surface area contributed by atoms with E-state index in [-0.39, 0.29) is 0 Å². The fraction of sp³-hybridized carbons (Fsp3) is 1.00. The molecule has 0 spiro atoms. The molecule has 0 saturated carbocycles. The molecular weight excluding hydrogens is 825 g/mol. The SMILES string of the molecule is CO[Si](CCCSSSSCCC[Si](OC)(OC)OC)(OC)OC.CO[Si](CCSSSSCC[Si](OC)(OC)OC)(OC)OC. The monoisotopic (exact) mass is 880 g/mol. The van der Waals surface area contributed by atoms with Gasteiger partial charge in [0.25, 0.3) is 0 Å². The van der Waals surface area contributed by atoms with Crippen molar-refractivity contribution in [3.05, 3.63) is 0 Å². The van der Waals surface area contributed by atoms with Crippen molar-refractivity contribution in [1.29, 1.82) is 0 Å². The lowest BCUT2D eigenvalue weighted by Gasteiger charge is -2.24. The fourth-order valence-electron chi connectivity index (χ4n) is 3.47. The second-order valence-corrected chi connectivity index (χ2v) is 33.3. The van der Waals surface area contributed by atoms with E-state index in [2.05, 4.69) is 0 Å². The molecule has 0 rings (SSSR count). The zero-order valence-electron chi connectivity index (χ0n) is 29.2. The first kappa shape index (κ1) is 51.3. The van der Waals surface area contributed by atoms with E-state index in [1.54, 1.807) is 127 Å². The van der Waals surface area contributed by atoms with Gasteiger partial charge < -0.3 is 53.1 Å². The summed E-state index contributed by atoms with van der Waals surface area (Å²) in [5.41, 5.74) is 0. The molecule has 0 atom stereocenters. The van der Waals surface area contributed by atoms with Crippen LogP contribution in [0.15, 0.2) is 0 Å². The minimum atomic E-state index is -2.43. The molecule has 0 heterocycles. The summed E-state index contributed by atoms with van der Waals surface area (Å²) in [4.78, 5) is 0. The van der Waals surface area contributed by atoms with Crippen molar-refractivity contribution in [2.45, 2.75) is 37.0 Å². The molecule has 0 bridgehead atoms. The van der Waals surface area contributed by atoms with Gasteiger partial charge >= 0.3 is 35.2 Å². The van der Waals surface area contributed by atoms with Crippen LogP contribution >= 0.6 is 82.5 Å². The van der Waals surface area contributed by atoms with E-state index in [1.165, 1.54) is 0 Å². The Hall–Kier alpha value is 3.19. The molecule has 46 heavy (non-hydrogen) atoms. The number of hydrogen-bond acceptors (Lipinski definition) is 20. The van der Waals surface area contributed by atoms with E-state index in [9.17, 15) is 0 Å². The van der Waals surface area contributed by atoms with Crippen LogP contribution in [0.4, 0.5) is 0 Å². The highest BCUT2D eigenvalue weighted by molar-refractivity contribution is 9.26. The van der Waals surface area contributed by atoms with Gasteiger partial charge in [0.1, 0.15) is 0 Å². The normalized spacial score (nSPS) is 12.8. The van der Waals surface area contributed by atoms with Crippen LogP contribution in [-0.2, 0) is 53.1 Å². The third-order valence-corrected chi connectivity index (χ3v) is 31.3. The van der Waals surface area contributed by atoms with Crippen LogP contribution in [0.1, 0.15) is 12.8 Å². The summed E-state index contributed by atoms with van der Waals surface area (Å²) in [6, 6.07) is 3.29. The van der Waals surface area contributed by atoms with Crippen molar-refractivity contribution >= 4 is 118 Å². The van der Waals surface area contributed by atoms with E-state index in [0.717, 1.165) is 60.0 Å². The molecule has 0 aliphatic heterocycles. The highest BCUT2D eigenvalue weighted by Gasteiger charge is 2.39. The third-order valence-electron chi connectivity index (χ3n) is 6.38. The lowest BCUT2D eigenvalue weighted by molar-refractivity contribution is 0.123. The largest absolute Gasteiger partial charge is 0.501 e. The molecular formula is C22H56O12S8Si4. The van der Waals surface area contributed by atoms with Crippen molar-refractivity contribution in [2.75, 3.05) is 108 Å². The van der Waals surface area contributed by atoms with Crippen molar-refractivity contribution in [3.8, 4) is 0 Å². The van der Waals surface area contributed by atoms with E-state index in [4.69, 9.17) is 53.1 Å². The van der Waals surface area contributed by atoms with Gasteiger partial charge in [-0.15, -0.1) is 0 Å². The van der Waals surface area contributed by atoms with Crippen LogP contribution in [0.3, 0.4) is 0 Å². The van der Waals surface area contributed by atoms with E-state index >= 15 is 0 Å². The molecule has 12 nitrogen and oxygen atoms in total. The van der Waals surface area contributed by atoms with E-state index < -0.39 is 35.2 Å². The van der Waals surface area contributed by atoms with Crippen LogP contribution < -0.4 is 0 Å². The molecule has 0 aliphatic rings. The molecule has 0 aliphatic carbocycles. The summed E-state index contributed by atoms with van der Waals surface area (Å²) in [6.07, 6.45) is 2.04. The highest BCUT2D eigenvalue weighted by atomic mass is 33.7. The molecule has 0 fully saturated rings. The first-order valence-corrected chi connectivity index (χ1v) is 32.0. The van der Waals surface area contributed by atoms with Gasteiger partial charge in [-0.05, 0) is 52.1 Å². The van der Waals surface area contributed by atoms with Crippen molar-refractivity contribution < 1.29 is 53.1 Å². The molecule has 0 N–H and O–H groups in total. The topological polar surface area (TPSA) is 111 Å². The van der Waals surface area contributed by atoms with Gasteiger partial charge in [0.05, 0.1) is 0 Å². The molecule has 0 unspecified atom stereocenters. The molecule has 0 aromatic heterocycles. The second-order valence-electron chi connectivity index (χ2n) is 8.45. The Balaban J connectivity index is 0. The average Bonchev–Trinajstić information content (AvgIpc) is 3.11. The average molecular weight is 882 g/mol. The molecule has 0 radical (unpaired) electrons. The van der Waals surface area contributed by atoms with Gasteiger partial charge in [0, 0.05) is 133 Å². The number of hydrogen-bond donors (Lipinski definition) is 0. The van der Waals surface area contributed by atoms with Crippen LogP contribution in [0.5, 0.6) is 0 Å². The van der Waals surface area contributed by atoms with Gasteiger partial charge in [-0.2, -0.15) is 0 Å². The smallest absolute Gasteiger partial charge is 0.377 e. The van der Waals surface area contributed by atoms with Gasteiger partial charge in [-0.1, -0.05) is 43.2 Å². The Morgan fingerprint density at radius 1 is 0.283 bits per heavy atom. The summed E-state index contributed by atoms with van der Waals surface area (Å²) < 4.78 is 64.7. The van der Waals surface area contributed by atoms with Crippen molar-refractivity contribution in [1.82, 2.24) is 0 Å². The van der Waals surface area contributed by atoms with Gasteiger partial charge in [-0.25, -0.2) is 0 Å². The number of rotatable bonds is 32. The lowest BCUT2D eigenvalue weighted by Crippen LogP contribution is -2.43. The van der Waals surface area contributed by atoms with E-state index in [0.29, 0.717) is 0 Å². The fourth-order valence-corrected chi connectivity index (χ4v) is 24.9. The molecule has 0 aromatic carbocycles. The Labute approximate surface area is 313 Å². The summed E-state index contributed by atoms with van der Waals surface area (Å²) in [7, 11) is 24.5. The zero-order valence-corrected chi connectivity index (χ0v) is 39.8. The zero-order chi connectivity index (χ0) is 35.2. The van der Waals surface area contributed by atoms with Crippen molar-refractivity contribution in [2.24, 2.45) is 0 Å². The van der Waals surface area contributed by atoms with Crippen LogP contribution in [0, 0.1) is 0 Å². The van der Waals surface area contributed by atoms with Crippen LogP contribution in [0.2, 0.25) is 24.2 Å². The molecule has 0 amide bonds. The molecule has 24 heteroatoms. The maximum Gasteiger partial charge on any atom is 0.501 e. The van der Waals surface area contributed by atoms with Gasteiger partial charge in [0.2, 0.25) is 0 Å². The molecule has 0 saturated heterocycles. The third kappa shape index (κ3) is 22.3. The molecule has 0 aromatic rings. The maximum absolute atomic E-state index is 5.41. The Bertz CT molecular complexity index is 591. The first-order chi connectivity index (χ1) is 22.1. The summed E-state index contributed by atoms with van der Waals surface area (Å²) in [5, 5.41) is 0. The summed E-state index contributed by atoms with van der Waals surface area (Å²) in [6.45, 7) is 0. The lowest BCUT2D eigenvalue weighted by atomic mass is 10.6. The Kier molecular flexibility index (Phi) is 36.6. The highest BCUT2D eigenvalue weighted by Crippen LogP contribution is 2.45. The van der Waals surface area contributed by atoms with Gasteiger partial charge in [-0.3, -0.25) is 0 Å². The predicted molar refractivity (Wildman–Crippen MR) is 216 cm³/mol. The minimum Gasteiger partial charge on any atom is -0.377 e. The quantitative estimate of drug-likeness (QED) is 0.0375. The molecule has 280 valence electrons. The summed E-state index contributed by atoms with van der Waals surface area (Å²) in [5.74, 6) is 3.95. The van der Waals surface area contributed by atoms with Crippen LogP contribution in [0.25, 0.3) is 0 Å². The second kappa shape index (κ2) is 32.8. The van der Waals surface area contributed by atoms with Crippen LogP contribution in [-0.4, -0.2) is 144 Å². The van der Waals surface area contributed by atoms with E-state index in [1.807, 2.05) is 41.2 Å². The van der Waals surface area contributed by atoms with Gasteiger partial charge in [0.15, 0.2) is 0 Å². The Morgan fingerprint density at radius 2 is 0.478 bits per heavy atom. The Morgan fingerprint density at radius 3 is 0.696 bits per heavy atom. The van der Waals surface area contributed by atoms with Crippen molar-refractivity contribution in [3.63, 3.8) is 0 Å². The minimum absolute atomic E-state index is 0.798. The first-order valence-electron chi connectivity index (χ1n) is 13.9. The standard InChI is InChI=1S/C12H30O6S4Si2.C10H26O6S4Si2/c1-13-23(14-2,15-3)11-7-9-19-21-22-20-10-8-12-24(16-4,17-5)18-6;1-11-21(12-2,13-3)9-7-17-19-20-18-8-10-22(14-4,15-5)16-6/h7-12H2,1-6H3;7-10H2,1-6H3.